The van der Waals surface area contributed by atoms with Crippen LogP contribution in [0.15, 0.2) is 28.7 Å². The van der Waals surface area contributed by atoms with Gasteiger partial charge in [-0.2, -0.15) is 0 Å². The summed E-state index contributed by atoms with van der Waals surface area (Å²) in [4.78, 5) is 2.05. The molecule has 1 atom stereocenters. The summed E-state index contributed by atoms with van der Waals surface area (Å²) in [5.74, 6) is 0.133. The van der Waals surface area contributed by atoms with Crippen LogP contribution in [0.4, 0.5) is 4.39 Å². The predicted octanol–water partition coefficient (Wildman–Crippen LogP) is 5.29. The molecule has 0 amide bonds. The van der Waals surface area contributed by atoms with Crippen LogP contribution >= 0.6 is 38.9 Å². The monoisotopic (exact) mass is 348 g/mol. The van der Waals surface area contributed by atoms with Crippen LogP contribution in [0.5, 0.6) is 5.75 Å². The highest BCUT2D eigenvalue weighted by atomic mass is 79.9. The molecule has 0 saturated carbocycles. The lowest BCUT2D eigenvalue weighted by Gasteiger charge is -2.11. The maximum absolute atomic E-state index is 13.9. The molecule has 5 heteroatoms. The zero-order chi connectivity index (χ0) is 13.3. The van der Waals surface area contributed by atoms with Gasteiger partial charge in [0.2, 0.25) is 0 Å². The van der Waals surface area contributed by atoms with Crippen molar-refractivity contribution in [2.75, 3.05) is 7.11 Å². The molecule has 0 N–H and O–H groups in total. The van der Waals surface area contributed by atoms with Crippen LogP contribution in [0.3, 0.4) is 0 Å². The molecular weight excluding hydrogens is 339 g/mol. The van der Waals surface area contributed by atoms with Crippen LogP contribution in [0, 0.1) is 12.7 Å². The molecule has 0 fully saturated rings. The third kappa shape index (κ3) is 2.71. The summed E-state index contributed by atoms with van der Waals surface area (Å²) in [7, 11) is 1.51. The lowest BCUT2D eigenvalue weighted by molar-refractivity contribution is 0.411. The molecule has 0 bridgehead atoms. The van der Waals surface area contributed by atoms with Crippen molar-refractivity contribution < 1.29 is 9.13 Å². The van der Waals surface area contributed by atoms with E-state index in [2.05, 4.69) is 15.9 Å². The number of hydrogen-bond acceptors (Lipinski definition) is 2. The Kier molecular flexibility index (Phi) is 4.30. The van der Waals surface area contributed by atoms with Gasteiger partial charge in [0, 0.05) is 25.9 Å². The first-order valence-corrected chi connectivity index (χ1v) is 7.31. The fourth-order valence-corrected chi connectivity index (χ4v) is 4.09. The number of rotatable bonds is 3. The van der Waals surface area contributed by atoms with Crippen molar-refractivity contribution in [2.24, 2.45) is 0 Å². The molecule has 96 valence electrons. The Balaban J connectivity index is 2.39. The number of benzene rings is 1. The van der Waals surface area contributed by atoms with Gasteiger partial charge in [-0.3, -0.25) is 0 Å². The highest BCUT2D eigenvalue weighted by Crippen LogP contribution is 2.40. The zero-order valence-electron chi connectivity index (χ0n) is 9.84. The van der Waals surface area contributed by atoms with Gasteiger partial charge in [0.15, 0.2) is 0 Å². The lowest BCUT2D eigenvalue weighted by Crippen LogP contribution is -1.96. The average molecular weight is 350 g/mol. The van der Waals surface area contributed by atoms with Crippen molar-refractivity contribution in [2.45, 2.75) is 12.3 Å². The molecule has 0 aliphatic carbocycles. The average Bonchev–Trinajstić information content (AvgIpc) is 2.67. The van der Waals surface area contributed by atoms with Gasteiger partial charge in [-0.25, -0.2) is 4.39 Å². The molecule has 18 heavy (non-hydrogen) atoms. The largest absolute Gasteiger partial charge is 0.497 e. The number of halogens is 3. The summed E-state index contributed by atoms with van der Waals surface area (Å²) in [5, 5.41) is -0.496. The molecule has 1 aromatic carbocycles. The molecule has 0 spiro atoms. The SMILES string of the molecule is COc1ccc(C(Cl)c2sc(C)cc2Br)c(F)c1. The van der Waals surface area contributed by atoms with Crippen molar-refractivity contribution in [3.05, 3.63) is 49.9 Å². The highest BCUT2D eigenvalue weighted by Gasteiger charge is 2.20. The first-order valence-electron chi connectivity index (χ1n) is 5.26. The van der Waals surface area contributed by atoms with Crippen LogP contribution in [-0.2, 0) is 0 Å². The van der Waals surface area contributed by atoms with E-state index in [4.69, 9.17) is 16.3 Å². The summed E-state index contributed by atoms with van der Waals surface area (Å²) < 4.78 is 19.8. The molecule has 0 aliphatic rings. The van der Waals surface area contributed by atoms with Crippen LogP contribution in [0.2, 0.25) is 0 Å². The second-order valence-electron chi connectivity index (χ2n) is 3.82. The molecule has 2 rings (SSSR count). The third-order valence-electron chi connectivity index (χ3n) is 2.55. The zero-order valence-corrected chi connectivity index (χ0v) is 13.0. The smallest absolute Gasteiger partial charge is 0.131 e. The van der Waals surface area contributed by atoms with E-state index in [1.807, 2.05) is 13.0 Å². The third-order valence-corrected chi connectivity index (χ3v) is 5.16. The highest BCUT2D eigenvalue weighted by molar-refractivity contribution is 9.10. The molecule has 1 heterocycles. The fourth-order valence-electron chi connectivity index (χ4n) is 1.66. The van der Waals surface area contributed by atoms with E-state index < -0.39 is 5.38 Å². The second-order valence-corrected chi connectivity index (χ2v) is 6.40. The maximum Gasteiger partial charge on any atom is 0.131 e. The fraction of sp³-hybridized carbons (Fsp3) is 0.231. The number of alkyl halides is 1. The summed E-state index contributed by atoms with van der Waals surface area (Å²) in [6.45, 7) is 1.99. The maximum atomic E-state index is 13.9. The molecule has 0 radical (unpaired) electrons. The van der Waals surface area contributed by atoms with Gasteiger partial charge in [0.05, 0.1) is 12.5 Å². The van der Waals surface area contributed by atoms with E-state index in [0.717, 1.165) is 14.2 Å². The Morgan fingerprint density at radius 1 is 1.39 bits per heavy atom. The van der Waals surface area contributed by atoms with Crippen LogP contribution in [0.25, 0.3) is 0 Å². The quantitative estimate of drug-likeness (QED) is 0.684. The molecule has 1 unspecified atom stereocenters. The Morgan fingerprint density at radius 3 is 2.61 bits per heavy atom. The van der Waals surface area contributed by atoms with Crippen molar-refractivity contribution in [3.63, 3.8) is 0 Å². The molecule has 2 aromatic rings. The second kappa shape index (κ2) is 5.59. The van der Waals surface area contributed by atoms with Gasteiger partial charge >= 0.3 is 0 Å². The van der Waals surface area contributed by atoms with Crippen LogP contribution in [-0.4, -0.2) is 7.11 Å². The van der Waals surface area contributed by atoms with Gasteiger partial charge in [-0.05, 0) is 35.0 Å². The van der Waals surface area contributed by atoms with Gasteiger partial charge in [0.25, 0.3) is 0 Å². The summed E-state index contributed by atoms with van der Waals surface area (Å²) in [6.07, 6.45) is 0. The van der Waals surface area contributed by atoms with Gasteiger partial charge in [-0.15, -0.1) is 22.9 Å². The summed E-state index contributed by atoms with van der Waals surface area (Å²) in [5.41, 5.74) is 0.458. The lowest BCUT2D eigenvalue weighted by atomic mass is 10.1. The first kappa shape index (κ1) is 13.8. The molecule has 0 aliphatic heterocycles. The number of methoxy groups -OCH3 is 1. The van der Waals surface area contributed by atoms with E-state index in [-0.39, 0.29) is 5.82 Å². The van der Waals surface area contributed by atoms with E-state index in [0.29, 0.717) is 11.3 Å². The molecular formula is C13H11BrClFOS. The standard InChI is InChI=1S/C13H11BrClFOS/c1-7-5-10(14)13(18-7)12(15)9-4-3-8(17-2)6-11(9)16/h3-6,12H,1-2H3. The number of thiophene rings is 1. The first-order chi connectivity index (χ1) is 8.52. The molecule has 1 aromatic heterocycles. The minimum Gasteiger partial charge on any atom is -0.497 e. The van der Waals surface area contributed by atoms with Gasteiger partial charge in [0.1, 0.15) is 11.6 Å². The van der Waals surface area contributed by atoms with Gasteiger partial charge in [-0.1, -0.05) is 6.07 Å². The van der Waals surface area contributed by atoms with E-state index in [1.165, 1.54) is 13.2 Å². The topological polar surface area (TPSA) is 9.23 Å². The minimum absolute atomic E-state index is 0.354. The molecule has 0 saturated heterocycles. The Labute approximate surface area is 123 Å². The normalized spacial score (nSPS) is 12.5. The van der Waals surface area contributed by atoms with Crippen molar-refractivity contribution >= 4 is 38.9 Å². The Morgan fingerprint density at radius 2 is 2.11 bits per heavy atom. The predicted molar refractivity (Wildman–Crippen MR) is 77.4 cm³/mol. The van der Waals surface area contributed by atoms with Crippen molar-refractivity contribution in [3.8, 4) is 5.75 Å². The number of ether oxygens (including phenoxy) is 1. The summed E-state index contributed by atoms with van der Waals surface area (Å²) in [6, 6.07) is 6.70. The van der Waals surface area contributed by atoms with E-state index in [9.17, 15) is 4.39 Å². The van der Waals surface area contributed by atoms with Crippen LogP contribution < -0.4 is 4.74 Å². The van der Waals surface area contributed by atoms with Gasteiger partial charge < -0.3 is 4.74 Å². The summed E-state index contributed by atoms with van der Waals surface area (Å²) >= 11 is 11.4. The van der Waals surface area contributed by atoms with E-state index in [1.54, 1.807) is 23.5 Å². The minimum atomic E-state index is -0.496. The van der Waals surface area contributed by atoms with Crippen molar-refractivity contribution in [1.82, 2.24) is 0 Å². The molecule has 1 nitrogen and oxygen atoms in total. The van der Waals surface area contributed by atoms with Crippen molar-refractivity contribution in [1.29, 1.82) is 0 Å². The Hall–Kier alpha value is -0.580. The van der Waals surface area contributed by atoms with Crippen LogP contribution in [0.1, 0.15) is 20.7 Å². The Bertz CT molecular complexity index is 570. The number of aryl methyl sites for hydroxylation is 1. The van der Waals surface area contributed by atoms with E-state index >= 15 is 0 Å². The number of hydrogen-bond donors (Lipinski definition) is 0.